The molecule has 1 aromatic heterocycles. The molecule has 1 aliphatic heterocycles. The minimum atomic E-state index is -0.454. The molecule has 0 spiro atoms. The number of piperidine rings is 1. The lowest BCUT2D eigenvalue weighted by Crippen LogP contribution is -2.35. The molecule has 1 saturated heterocycles. The van der Waals surface area contributed by atoms with Gasteiger partial charge in [0.1, 0.15) is 11.6 Å². The van der Waals surface area contributed by atoms with E-state index in [9.17, 15) is 4.79 Å². The molecule has 0 aliphatic carbocycles. The van der Waals surface area contributed by atoms with Gasteiger partial charge in [-0.25, -0.2) is 4.98 Å². The monoisotopic (exact) mass is 440 g/mol. The molecule has 0 bridgehead atoms. The van der Waals surface area contributed by atoms with Gasteiger partial charge < -0.3 is 15.5 Å². The van der Waals surface area contributed by atoms with Gasteiger partial charge in [-0.3, -0.25) is 9.69 Å². The van der Waals surface area contributed by atoms with E-state index in [1.165, 1.54) is 5.56 Å². The van der Waals surface area contributed by atoms with E-state index < -0.39 is 5.91 Å². The summed E-state index contributed by atoms with van der Waals surface area (Å²) in [6.45, 7) is 4.01. The second-order valence-electron chi connectivity index (χ2n) is 8.72. The fourth-order valence-electron chi connectivity index (χ4n) is 4.37. The number of carbonyl (C=O) groups excluding carboxylic acids is 1. The van der Waals surface area contributed by atoms with E-state index in [1.54, 1.807) is 12.1 Å². The molecule has 1 fully saturated rings. The maximum absolute atomic E-state index is 11.4. The first-order valence-electron chi connectivity index (χ1n) is 11.4. The van der Waals surface area contributed by atoms with Gasteiger partial charge in [-0.1, -0.05) is 30.3 Å². The average Bonchev–Trinajstić information content (AvgIpc) is 3.28. The fraction of sp³-hybridized carbons (Fsp3) is 0.259. The van der Waals surface area contributed by atoms with Crippen molar-refractivity contribution in [3.63, 3.8) is 0 Å². The number of primary amides is 1. The summed E-state index contributed by atoms with van der Waals surface area (Å²) in [6.07, 6.45) is 2.33. The predicted octanol–water partition coefficient (Wildman–Crippen LogP) is 4.62. The number of aromatic amines is 1. The molecule has 5 rings (SSSR count). The standard InChI is InChI=1S/C27H28N4O2/c28-26(32)22-8-11-24-25(16-22)30-27(29-24)21-6-9-23(10-7-21)33-18-20-12-14-31(15-13-20)17-19-4-2-1-3-5-19/h1-11,16,20H,12-15,17-18H2,(H2,28,32)(H,29,30). The largest absolute Gasteiger partial charge is 0.493 e. The second-order valence-corrected chi connectivity index (χ2v) is 8.72. The number of amides is 1. The van der Waals surface area contributed by atoms with Crippen LogP contribution in [0.25, 0.3) is 22.4 Å². The van der Waals surface area contributed by atoms with Gasteiger partial charge in [0.15, 0.2) is 0 Å². The molecule has 4 aromatic rings. The Hall–Kier alpha value is -3.64. The molecule has 6 heteroatoms. The number of carbonyl (C=O) groups is 1. The third kappa shape index (κ3) is 5.07. The van der Waals surface area contributed by atoms with E-state index in [-0.39, 0.29) is 0 Å². The highest BCUT2D eigenvalue weighted by atomic mass is 16.5. The highest BCUT2D eigenvalue weighted by Gasteiger charge is 2.20. The van der Waals surface area contributed by atoms with Crippen LogP contribution in [0.1, 0.15) is 28.8 Å². The Bertz CT molecular complexity index is 1230. The van der Waals surface area contributed by atoms with Crippen LogP contribution in [0.4, 0.5) is 0 Å². The van der Waals surface area contributed by atoms with Gasteiger partial charge in [0, 0.05) is 17.7 Å². The molecule has 33 heavy (non-hydrogen) atoms. The molecule has 1 aliphatic rings. The zero-order valence-electron chi connectivity index (χ0n) is 18.5. The van der Waals surface area contributed by atoms with Crippen LogP contribution in [0.15, 0.2) is 72.8 Å². The number of nitrogens with zero attached hydrogens (tertiary/aromatic N) is 2. The lowest BCUT2D eigenvalue weighted by Gasteiger charge is -2.31. The Labute approximate surface area is 193 Å². The second kappa shape index (κ2) is 9.46. The van der Waals surface area contributed by atoms with Crippen LogP contribution < -0.4 is 10.5 Å². The molecule has 6 nitrogen and oxygen atoms in total. The Balaban J connectivity index is 1.14. The summed E-state index contributed by atoms with van der Waals surface area (Å²) >= 11 is 0. The Morgan fingerprint density at radius 3 is 2.52 bits per heavy atom. The van der Waals surface area contributed by atoms with E-state index in [1.807, 2.05) is 30.3 Å². The highest BCUT2D eigenvalue weighted by molar-refractivity contribution is 5.96. The van der Waals surface area contributed by atoms with Crippen molar-refractivity contribution in [2.75, 3.05) is 19.7 Å². The summed E-state index contributed by atoms with van der Waals surface area (Å²) in [5, 5.41) is 0. The van der Waals surface area contributed by atoms with Crippen molar-refractivity contribution in [3.05, 3.63) is 83.9 Å². The molecular weight excluding hydrogens is 412 g/mol. The van der Waals surface area contributed by atoms with Crippen molar-refractivity contribution < 1.29 is 9.53 Å². The van der Waals surface area contributed by atoms with E-state index in [4.69, 9.17) is 10.5 Å². The van der Waals surface area contributed by atoms with Crippen molar-refractivity contribution in [1.82, 2.24) is 14.9 Å². The Morgan fingerprint density at radius 1 is 1.03 bits per heavy atom. The SMILES string of the molecule is NC(=O)c1ccc2[nH]c(-c3ccc(OCC4CCN(Cc5ccccc5)CC4)cc3)nc2c1. The number of hydrogen-bond acceptors (Lipinski definition) is 4. The normalized spacial score (nSPS) is 15.0. The summed E-state index contributed by atoms with van der Waals surface area (Å²) in [4.78, 5) is 21.8. The molecular formula is C27H28N4O2. The van der Waals surface area contributed by atoms with E-state index in [2.05, 4.69) is 45.2 Å². The summed E-state index contributed by atoms with van der Waals surface area (Å²) in [5.41, 5.74) is 9.76. The summed E-state index contributed by atoms with van der Waals surface area (Å²) < 4.78 is 6.09. The number of hydrogen-bond donors (Lipinski definition) is 2. The fourth-order valence-corrected chi connectivity index (χ4v) is 4.37. The Morgan fingerprint density at radius 2 is 1.79 bits per heavy atom. The van der Waals surface area contributed by atoms with Gasteiger partial charge in [0.25, 0.3) is 0 Å². The molecule has 168 valence electrons. The lowest BCUT2D eigenvalue weighted by molar-refractivity contribution is 0.100. The number of imidazole rings is 1. The third-order valence-corrected chi connectivity index (χ3v) is 6.34. The third-order valence-electron chi connectivity index (χ3n) is 6.34. The van der Waals surface area contributed by atoms with Crippen LogP contribution in [-0.4, -0.2) is 40.5 Å². The smallest absolute Gasteiger partial charge is 0.248 e. The molecule has 0 saturated carbocycles. The van der Waals surface area contributed by atoms with Gasteiger partial charge in [-0.05, 0) is 79.9 Å². The van der Waals surface area contributed by atoms with Gasteiger partial charge in [0.05, 0.1) is 17.6 Å². The lowest BCUT2D eigenvalue weighted by atomic mass is 9.97. The number of rotatable bonds is 7. The van der Waals surface area contributed by atoms with Crippen molar-refractivity contribution in [2.24, 2.45) is 11.7 Å². The van der Waals surface area contributed by atoms with E-state index >= 15 is 0 Å². The molecule has 0 radical (unpaired) electrons. The van der Waals surface area contributed by atoms with Crippen LogP contribution >= 0.6 is 0 Å². The van der Waals surface area contributed by atoms with Crippen molar-refractivity contribution in [2.45, 2.75) is 19.4 Å². The van der Waals surface area contributed by atoms with Crippen molar-refractivity contribution >= 4 is 16.9 Å². The number of H-pyrrole nitrogens is 1. The van der Waals surface area contributed by atoms with Crippen LogP contribution in [-0.2, 0) is 6.54 Å². The number of benzene rings is 3. The van der Waals surface area contributed by atoms with Crippen LogP contribution in [0.5, 0.6) is 5.75 Å². The first kappa shape index (κ1) is 21.2. The summed E-state index contributed by atoms with van der Waals surface area (Å²) in [7, 11) is 0. The predicted molar refractivity (Wildman–Crippen MR) is 130 cm³/mol. The first-order valence-corrected chi connectivity index (χ1v) is 11.4. The van der Waals surface area contributed by atoms with Crippen LogP contribution in [0, 0.1) is 5.92 Å². The van der Waals surface area contributed by atoms with Gasteiger partial charge in [0.2, 0.25) is 5.91 Å². The topological polar surface area (TPSA) is 84.2 Å². The van der Waals surface area contributed by atoms with Gasteiger partial charge in [-0.15, -0.1) is 0 Å². The number of likely N-dealkylation sites (tertiary alicyclic amines) is 1. The number of aromatic nitrogens is 2. The molecule has 0 unspecified atom stereocenters. The highest BCUT2D eigenvalue weighted by Crippen LogP contribution is 2.25. The van der Waals surface area contributed by atoms with Gasteiger partial charge in [-0.2, -0.15) is 0 Å². The molecule has 3 N–H and O–H groups in total. The number of fused-ring (bicyclic) bond motifs is 1. The molecule has 1 amide bonds. The number of ether oxygens (including phenoxy) is 1. The van der Waals surface area contributed by atoms with Gasteiger partial charge >= 0.3 is 0 Å². The first-order chi connectivity index (χ1) is 16.1. The van der Waals surface area contributed by atoms with Crippen LogP contribution in [0.2, 0.25) is 0 Å². The minimum Gasteiger partial charge on any atom is -0.493 e. The van der Waals surface area contributed by atoms with E-state index in [0.29, 0.717) is 11.5 Å². The van der Waals surface area contributed by atoms with Crippen molar-refractivity contribution in [1.29, 1.82) is 0 Å². The summed E-state index contributed by atoms with van der Waals surface area (Å²) in [5.74, 6) is 1.76. The zero-order valence-corrected chi connectivity index (χ0v) is 18.5. The number of nitrogens with one attached hydrogen (secondary N) is 1. The molecule has 0 atom stereocenters. The molecule has 2 heterocycles. The minimum absolute atomic E-state index is 0.454. The average molecular weight is 441 g/mol. The maximum atomic E-state index is 11.4. The molecule has 3 aromatic carbocycles. The summed E-state index contributed by atoms with van der Waals surface area (Å²) in [6, 6.07) is 23.9. The van der Waals surface area contributed by atoms with E-state index in [0.717, 1.165) is 67.3 Å². The Kier molecular flexibility index (Phi) is 6.09. The maximum Gasteiger partial charge on any atom is 0.248 e. The van der Waals surface area contributed by atoms with Crippen LogP contribution in [0.3, 0.4) is 0 Å². The number of nitrogens with two attached hydrogens (primary N) is 1. The zero-order chi connectivity index (χ0) is 22.6. The van der Waals surface area contributed by atoms with Crippen molar-refractivity contribution in [3.8, 4) is 17.1 Å². The quantitative estimate of drug-likeness (QED) is 0.439.